The number of H-pyrrole nitrogens is 1. The van der Waals surface area contributed by atoms with Gasteiger partial charge in [-0.3, -0.25) is 5.10 Å². The minimum atomic E-state index is -3.77. The minimum Gasteiger partial charge on any atom is -0.281 e. The first kappa shape index (κ1) is 14.6. The second-order valence-corrected chi connectivity index (χ2v) is 6.37. The summed E-state index contributed by atoms with van der Waals surface area (Å²) in [5, 5.41) is 6.18. The quantitative estimate of drug-likeness (QED) is 0.936. The molecule has 1 aromatic heterocycles. The highest BCUT2D eigenvalue weighted by molar-refractivity contribution is 7.89. The van der Waals surface area contributed by atoms with Crippen LogP contribution in [-0.4, -0.2) is 30.0 Å². The number of hydrogen-bond acceptors (Lipinski definition) is 3. The molecular formula is C12H13F2N3O2S. The third-order valence-electron chi connectivity index (χ3n) is 2.88. The van der Waals surface area contributed by atoms with Crippen LogP contribution in [0.4, 0.5) is 8.78 Å². The maximum absolute atomic E-state index is 13.5. The number of rotatable bonds is 4. The second kappa shape index (κ2) is 5.29. The van der Waals surface area contributed by atoms with Crippen molar-refractivity contribution >= 4 is 10.0 Å². The van der Waals surface area contributed by atoms with E-state index in [2.05, 4.69) is 10.2 Å². The molecule has 0 radical (unpaired) electrons. The number of benzene rings is 1. The molecule has 0 amide bonds. The number of aromatic amines is 1. The molecule has 1 aromatic carbocycles. The number of halogens is 2. The molecular weight excluding hydrogens is 288 g/mol. The van der Waals surface area contributed by atoms with Crippen LogP contribution < -0.4 is 0 Å². The van der Waals surface area contributed by atoms with Crippen LogP contribution in [0.5, 0.6) is 0 Å². The first-order valence-electron chi connectivity index (χ1n) is 5.72. The zero-order chi connectivity index (χ0) is 14.9. The van der Waals surface area contributed by atoms with E-state index in [9.17, 15) is 17.2 Å². The van der Waals surface area contributed by atoms with Gasteiger partial charge in [-0.25, -0.2) is 17.2 Å². The average molecular weight is 301 g/mol. The molecule has 2 rings (SSSR count). The molecule has 0 bridgehead atoms. The highest BCUT2D eigenvalue weighted by Gasteiger charge is 2.25. The van der Waals surface area contributed by atoms with Crippen LogP contribution in [0.2, 0.25) is 0 Å². The van der Waals surface area contributed by atoms with Gasteiger partial charge in [0.25, 0.3) is 0 Å². The molecule has 2 aromatic rings. The van der Waals surface area contributed by atoms with Crippen molar-refractivity contribution in [1.29, 1.82) is 0 Å². The summed E-state index contributed by atoms with van der Waals surface area (Å²) in [6.45, 7) is 1.38. The van der Waals surface area contributed by atoms with Crippen molar-refractivity contribution < 1.29 is 17.2 Å². The lowest BCUT2D eigenvalue weighted by Crippen LogP contribution is -2.27. The van der Waals surface area contributed by atoms with E-state index < -0.39 is 21.7 Å². The third kappa shape index (κ3) is 2.70. The van der Waals surface area contributed by atoms with Gasteiger partial charge in [-0.1, -0.05) is 6.07 Å². The van der Waals surface area contributed by atoms with Crippen LogP contribution >= 0.6 is 0 Å². The largest absolute Gasteiger partial charge is 0.281 e. The Kier molecular flexibility index (Phi) is 3.87. The van der Waals surface area contributed by atoms with Gasteiger partial charge in [0.1, 0.15) is 16.5 Å². The summed E-state index contributed by atoms with van der Waals surface area (Å²) in [5.41, 5.74) is 0.495. The SMILES string of the molecule is Cc1[nH]ncc1S(=O)(=O)N(C)Cc1ccc(F)cc1F. The normalized spacial score (nSPS) is 12.1. The Balaban J connectivity index is 2.28. The van der Waals surface area contributed by atoms with E-state index in [1.54, 1.807) is 6.92 Å². The number of nitrogens with zero attached hydrogens (tertiary/aromatic N) is 2. The number of hydrogen-bond donors (Lipinski definition) is 1. The number of sulfonamides is 1. The Morgan fingerprint density at radius 1 is 1.35 bits per heavy atom. The second-order valence-electron chi connectivity index (χ2n) is 4.36. The van der Waals surface area contributed by atoms with E-state index in [1.807, 2.05) is 0 Å². The summed E-state index contributed by atoms with van der Waals surface area (Å²) in [6.07, 6.45) is 1.20. The predicted octanol–water partition coefficient (Wildman–Crippen LogP) is 1.82. The van der Waals surface area contributed by atoms with E-state index in [0.29, 0.717) is 5.69 Å². The molecule has 0 aliphatic rings. The van der Waals surface area contributed by atoms with Crippen LogP contribution in [0.3, 0.4) is 0 Å². The molecule has 1 N–H and O–H groups in total. The molecule has 0 atom stereocenters. The highest BCUT2D eigenvalue weighted by atomic mass is 32.2. The first-order valence-corrected chi connectivity index (χ1v) is 7.16. The average Bonchev–Trinajstić information content (AvgIpc) is 2.79. The monoisotopic (exact) mass is 301 g/mol. The summed E-state index contributed by atoms with van der Waals surface area (Å²) in [4.78, 5) is 0.0301. The van der Waals surface area contributed by atoms with Crippen LogP contribution in [0, 0.1) is 18.6 Å². The lowest BCUT2D eigenvalue weighted by Gasteiger charge is -2.17. The van der Waals surface area contributed by atoms with E-state index >= 15 is 0 Å². The van der Waals surface area contributed by atoms with Crippen LogP contribution in [0.1, 0.15) is 11.3 Å². The van der Waals surface area contributed by atoms with E-state index in [0.717, 1.165) is 16.4 Å². The molecule has 0 fully saturated rings. The van der Waals surface area contributed by atoms with Crippen molar-refractivity contribution in [2.45, 2.75) is 18.4 Å². The lowest BCUT2D eigenvalue weighted by molar-refractivity contribution is 0.454. The smallest absolute Gasteiger partial charge is 0.246 e. The Bertz CT molecular complexity index is 728. The Labute approximate surface area is 115 Å². The fourth-order valence-corrected chi connectivity index (χ4v) is 3.01. The number of aromatic nitrogens is 2. The molecule has 1 heterocycles. The summed E-state index contributed by atoms with van der Waals surface area (Å²) < 4.78 is 51.9. The molecule has 0 saturated carbocycles. The van der Waals surface area contributed by atoms with E-state index in [-0.39, 0.29) is 17.0 Å². The molecule has 0 unspecified atom stereocenters. The van der Waals surface area contributed by atoms with Crippen molar-refractivity contribution in [2.24, 2.45) is 0 Å². The van der Waals surface area contributed by atoms with Gasteiger partial charge in [0.2, 0.25) is 10.0 Å². The van der Waals surface area contributed by atoms with Crippen LogP contribution in [0.25, 0.3) is 0 Å². The van der Waals surface area contributed by atoms with Gasteiger partial charge < -0.3 is 0 Å². The lowest BCUT2D eigenvalue weighted by atomic mass is 10.2. The van der Waals surface area contributed by atoms with Gasteiger partial charge in [-0.05, 0) is 13.0 Å². The summed E-state index contributed by atoms with van der Waals surface area (Å²) in [5.74, 6) is -1.49. The zero-order valence-electron chi connectivity index (χ0n) is 10.9. The molecule has 20 heavy (non-hydrogen) atoms. The maximum Gasteiger partial charge on any atom is 0.246 e. The van der Waals surface area contributed by atoms with Gasteiger partial charge in [-0.2, -0.15) is 9.40 Å². The van der Waals surface area contributed by atoms with Crippen LogP contribution in [-0.2, 0) is 16.6 Å². The fourth-order valence-electron chi connectivity index (χ4n) is 1.74. The Hall–Kier alpha value is -1.80. The van der Waals surface area contributed by atoms with Crippen molar-refractivity contribution in [2.75, 3.05) is 7.05 Å². The number of nitrogens with one attached hydrogen (secondary N) is 1. The van der Waals surface area contributed by atoms with E-state index in [4.69, 9.17) is 0 Å². The standard InChI is InChI=1S/C12H13F2N3O2S/c1-8-12(6-15-16-8)20(18,19)17(2)7-9-3-4-10(13)5-11(9)14/h3-6H,7H2,1-2H3,(H,15,16). The van der Waals surface area contributed by atoms with E-state index in [1.165, 1.54) is 19.3 Å². The van der Waals surface area contributed by atoms with Gasteiger partial charge in [-0.15, -0.1) is 0 Å². The molecule has 0 aliphatic carbocycles. The van der Waals surface area contributed by atoms with Crippen molar-refractivity contribution in [1.82, 2.24) is 14.5 Å². The molecule has 5 nitrogen and oxygen atoms in total. The zero-order valence-corrected chi connectivity index (χ0v) is 11.7. The summed E-state index contributed by atoms with van der Waals surface area (Å²) >= 11 is 0. The minimum absolute atomic E-state index is 0.0301. The molecule has 108 valence electrons. The Morgan fingerprint density at radius 3 is 2.60 bits per heavy atom. The van der Waals surface area contributed by atoms with Gasteiger partial charge >= 0.3 is 0 Å². The first-order chi connectivity index (χ1) is 9.32. The van der Waals surface area contributed by atoms with Gasteiger partial charge in [0.15, 0.2) is 0 Å². The van der Waals surface area contributed by atoms with Crippen LogP contribution in [0.15, 0.2) is 29.3 Å². The molecule has 0 aliphatic heterocycles. The molecule has 8 heteroatoms. The summed E-state index contributed by atoms with van der Waals surface area (Å²) in [7, 11) is -2.45. The van der Waals surface area contributed by atoms with Gasteiger partial charge in [0.05, 0.1) is 11.9 Å². The van der Waals surface area contributed by atoms with Crippen molar-refractivity contribution in [3.8, 4) is 0 Å². The third-order valence-corrected chi connectivity index (χ3v) is 4.80. The summed E-state index contributed by atoms with van der Waals surface area (Å²) in [6, 6.07) is 3.03. The predicted molar refractivity (Wildman–Crippen MR) is 68.3 cm³/mol. The fraction of sp³-hybridized carbons (Fsp3) is 0.250. The Morgan fingerprint density at radius 2 is 2.05 bits per heavy atom. The topological polar surface area (TPSA) is 66.1 Å². The number of aryl methyl sites for hydroxylation is 1. The van der Waals surface area contributed by atoms with Crippen molar-refractivity contribution in [3.05, 3.63) is 47.3 Å². The highest BCUT2D eigenvalue weighted by Crippen LogP contribution is 2.19. The molecule has 0 spiro atoms. The molecule has 0 saturated heterocycles. The maximum atomic E-state index is 13.5. The van der Waals surface area contributed by atoms with Crippen molar-refractivity contribution in [3.63, 3.8) is 0 Å². The van der Waals surface area contributed by atoms with Gasteiger partial charge in [0, 0.05) is 25.2 Å².